The number of hydrogen-bond donors (Lipinski definition) is 0. The van der Waals surface area contributed by atoms with E-state index in [9.17, 15) is 4.39 Å². The molecule has 0 aliphatic heterocycles. The second-order valence-corrected chi connectivity index (χ2v) is 21.5. The predicted molar refractivity (Wildman–Crippen MR) is 242 cm³/mol. The van der Waals surface area contributed by atoms with Crippen LogP contribution in [-0.2, 0) is 26.5 Å². The van der Waals surface area contributed by atoms with Crippen LogP contribution in [0.5, 0.6) is 0 Å². The van der Waals surface area contributed by atoms with E-state index in [0.717, 1.165) is 73.7 Å². The molecule has 0 N–H and O–H groups in total. The molecule has 3 aromatic heterocycles. The van der Waals surface area contributed by atoms with Crippen molar-refractivity contribution in [1.29, 1.82) is 0 Å². The van der Waals surface area contributed by atoms with Crippen LogP contribution in [0.3, 0.4) is 0 Å². The summed E-state index contributed by atoms with van der Waals surface area (Å²) >= 11 is 0. The summed E-state index contributed by atoms with van der Waals surface area (Å²) in [5.74, 6) is 0.763. The fourth-order valence-electron chi connectivity index (χ4n) is 7.89. The van der Waals surface area contributed by atoms with Crippen molar-refractivity contribution in [2.45, 2.75) is 60.6 Å². The molecule has 0 amide bonds. The van der Waals surface area contributed by atoms with Gasteiger partial charge in [-0.3, -0.25) is 9.37 Å². The molecule has 0 atom stereocenters. The Bertz CT molecular complexity index is 3040. The second-order valence-electron chi connectivity index (χ2n) is 16.5. The van der Waals surface area contributed by atoms with Crippen LogP contribution in [0.4, 0.5) is 4.39 Å². The van der Waals surface area contributed by atoms with Crippen LogP contribution < -0.4 is 5.19 Å². The first-order chi connectivity index (χ1) is 29.1. The number of furan rings is 1. The van der Waals surface area contributed by atoms with Crippen molar-refractivity contribution in [3.05, 3.63) is 168 Å². The number of aryl methyl sites for hydroxylation is 3. The average Bonchev–Trinajstić information content (AvgIpc) is 3.79. The average molecular weight is 973 g/mol. The number of fused-ring (bicyclic) bond motifs is 4. The normalized spacial score (nSPS) is 12.5. The number of aromatic nitrogens is 3. The SMILES string of the molecule is Cc1cccc(C)c1-n1c(-c2[c-]cc3oc4c(-c5ccccc5)cccc4c3c2)nc2ccccc21.[2H]C([2H])([2H])c1c[c-]c(-c2cc(CC(C)C)c([Si](C)(C)C)cn2)c(F)c1.[Ir]. The third kappa shape index (κ3) is 8.38. The minimum Gasteiger partial charge on any atom is -0.500 e. The van der Waals surface area contributed by atoms with Crippen LogP contribution in [-0.4, -0.2) is 22.6 Å². The minimum absolute atomic E-state index is 0. The molecule has 9 aromatic rings. The zero-order valence-electron chi connectivity index (χ0n) is 37.4. The van der Waals surface area contributed by atoms with E-state index in [0.29, 0.717) is 11.6 Å². The summed E-state index contributed by atoms with van der Waals surface area (Å²) in [6.45, 7) is 13.1. The van der Waals surface area contributed by atoms with Crippen molar-refractivity contribution < 1.29 is 33.0 Å². The Hall–Kier alpha value is -5.46. The van der Waals surface area contributed by atoms with E-state index in [2.05, 4.69) is 154 Å². The zero-order chi connectivity index (χ0) is 43.2. The van der Waals surface area contributed by atoms with Gasteiger partial charge in [0.2, 0.25) is 0 Å². The molecule has 0 saturated heterocycles. The summed E-state index contributed by atoms with van der Waals surface area (Å²) in [7, 11) is -1.56. The van der Waals surface area contributed by atoms with E-state index in [1.165, 1.54) is 27.9 Å². The minimum atomic E-state index is -2.34. The number of rotatable bonds is 7. The molecule has 1 radical (unpaired) electrons. The van der Waals surface area contributed by atoms with Gasteiger partial charge < -0.3 is 14.0 Å². The Morgan fingerprint density at radius 2 is 1.56 bits per heavy atom. The standard InChI is InChI=1S/C33H23N2O.C19H25FNSi.Ir/c1-21-10-8-11-22(2)31(21)35-29-17-7-6-16-28(29)34-33(35)24-18-19-30-27(20-24)26-15-9-14-25(32(26)36-30)23-12-4-3-5-13-23;1-13(2)9-15-11-18(21-12-19(15)22(4,5)6)16-8-7-14(3)10-17(16)20;/h3-17,19-20H,1-2H3;7,10-13H,9H2,1-6H3;/q2*-1;/i;3D3;. The van der Waals surface area contributed by atoms with Gasteiger partial charge >= 0.3 is 0 Å². The number of hydrogen-bond acceptors (Lipinski definition) is 3. The number of para-hydroxylation sites is 4. The van der Waals surface area contributed by atoms with E-state index in [1.54, 1.807) is 0 Å². The van der Waals surface area contributed by atoms with Gasteiger partial charge in [0, 0.05) is 52.9 Å². The molecule has 6 aromatic carbocycles. The number of imidazole rings is 1. The Kier molecular flexibility index (Phi) is 10.9. The van der Waals surface area contributed by atoms with Crippen molar-refractivity contribution in [2.24, 2.45) is 5.92 Å². The zero-order valence-corrected chi connectivity index (χ0v) is 37.8. The maximum absolute atomic E-state index is 14.5. The van der Waals surface area contributed by atoms with Crippen LogP contribution in [0.25, 0.3) is 72.4 Å². The molecule has 59 heavy (non-hydrogen) atoms. The molecule has 0 fully saturated rings. The number of halogens is 1. The molecule has 0 aliphatic carbocycles. The first-order valence-corrected chi connectivity index (χ1v) is 23.3. The van der Waals surface area contributed by atoms with E-state index < -0.39 is 20.7 Å². The van der Waals surface area contributed by atoms with Gasteiger partial charge in [-0.05, 0) is 65.9 Å². The Morgan fingerprint density at radius 1 is 0.831 bits per heavy atom. The Labute approximate surface area is 365 Å². The van der Waals surface area contributed by atoms with Crippen molar-refractivity contribution in [3.63, 3.8) is 0 Å². The van der Waals surface area contributed by atoms with E-state index in [-0.39, 0.29) is 31.2 Å². The number of benzene rings is 6. The van der Waals surface area contributed by atoms with Gasteiger partial charge in [-0.2, -0.15) is 0 Å². The van der Waals surface area contributed by atoms with Gasteiger partial charge in [0.1, 0.15) is 5.58 Å². The van der Waals surface area contributed by atoms with Crippen molar-refractivity contribution in [3.8, 4) is 39.5 Å². The third-order valence-corrected chi connectivity index (χ3v) is 12.6. The fourth-order valence-corrected chi connectivity index (χ4v) is 9.48. The third-order valence-electron chi connectivity index (χ3n) is 10.6. The monoisotopic (exact) mass is 973 g/mol. The topological polar surface area (TPSA) is 43.9 Å². The van der Waals surface area contributed by atoms with E-state index >= 15 is 0 Å². The molecule has 0 bridgehead atoms. The van der Waals surface area contributed by atoms with Crippen molar-refractivity contribution in [2.75, 3.05) is 0 Å². The van der Waals surface area contributed by atoms with Gasteiger partial charge in [-0.25, -0.2) is 0 Å². The predicted octanol–water partition coefficient (Wildman–Crippen LogP) is 13.4. The largest absolute Gasteiger partial charge is 0.500 e. The first kappa shape index (κ1) is 37.8. The van der Waals surface area contributed by atoms with Crippen LogP contribution in [0.2, 0.25) is 19.6 Å². The molecule has 3 heterocycles. The number of nitrogens with zero attached hydrogens (tertiary/aromatic N) is 3. The maximum Gasteiger partial charge on any atom is 0.128 e. The summed E-state index contributed by atoms with van der Waals surface area (Å²) < 4.78 is 45.3. The van der Waals surface area contributed by atoms with Crippen LogP contribution in [0.1, 0.15) is 40.2 Å². The Balaban J connectivity index is 0.000000197. The van der Waals surface area contributed by atoms with Crippen molar-refractivity contribution in [1.82, 2.24) is 14.5 Å². The molecule has 0 spiro atoms. The molecule has 0 aliphatic rings. The molecule has 4 nitrogen and oxygen atoms in total. The summed E-state index contributed by atoms with van der Waals surface area (Å²) in [5.41, 5.74) is 12.4. The van der Waals surface area contributed by atoms with Crippen molar-refractivity contribution >= 4 is 46.2 Å². The van der Waals surface area contributed by atoms with Gasteiger partial charge in [-0.1, -0.05) is 142 Å². The van der Waals surface area contributed by atoms with Gasteiger partial charge in [0.05, 0.1) is 30.5 Å². The Morgan fingerprint density at radius 3 is 2.27 bits per heavy atom. The molecule has 9 rings (SSSR count). The van der Waals surface area contributed by atoms with Gasteiger partial charge in [0.25, 0.3) is 0 Å². The van der Waals surface area contributed by atoms with Gasteiger partial charge in [0.15, 0.2) is 0 Å². The summed E-state index contributed by atoms with van der Waals surface area (Å²) in [5, 5.41) is 3.44. The molecular weight excluding hydrogens is 922 g/mol. The molecular formula is C52H48FIrN3OSi-2. The van der Waals surface area contributed by atoms with Crippen LogP contribution in [0.15, 0.2) is 132 Å². The summed E-state index contributed by atoms with van der Waals surface area (Å²) in [6, 6.07) is 46.2. The van der Waals surface area contributed by atoms with Gasteiger partial charge in [-0.15, -0.1) is 47.5 Å². The molecule has 0 unspecified atom stereocenters. The van der Waals surface area contributed by atoms with Crippen LogP contribution >= 0.6 is 0 Å². The van der Waals surface area contributed by atoms with E-state index in [4.69, 9.17) is 13.5 Å². The molecule has 0 saturated carbocycles. The number of pyridine rings is 1. The maximum atomic E-state index is 14.5. The molecule has 7 heteroatoms. The second kappa shape index (κ2) is 17.0. The summed E-state index contributed by atoms with van der Waals surface area (Å²) in [6.07, 6.45) is 2.77. The summed E-state index contributed by atoms with van der Waals surface area (Å²) in [4.78, 5) is 9.54. The quantitative estimate of drug-likeness (QED) is 0.118. The smallest absolute Gasteiger partial charge is 0.128 e. The van der Waals surface area contributed by atoms with Crippen LogP contribution in [0, 0.1) is 44.6 Å². The first-order valence-electron chi connectivity index (χ1n) is 21.3. The van der Waals surface area contributed by atoms with E-state index in [1.807, 2.05) is 30.5 Å². The molecule has 299 valence electrons. The fraction of sp³-hybridized carbons (Fsp3) is 0.192.